The van der Waals surface area contributed by atoms with Crippen LogP contribution in [0.1, 0.15) is 11.1 Å². The van der Waals surface area contributed by atoms with Crippen molar-refractivity contribution < 1.29 is 16.8 Å². The summed E-state index contributed by atoms with van der Waals surface area (Å²) in [6, 6.07) is 23.5. The van der Waals surface area contributed by atoms with Crippen LogP contribution in [0.15, 0.2) is 99.8 Å². The van der Waals surface area contributed by atoms with Crippen LogP contribution < -0.4 is 0 Å². The highest BCUT2D eigenvalue weighted by Gasteiger charge is 2.23. The maximum Gasteiger partial charge on any atom is 0.242 e. The number of benzene rings is 3. The molecule has 0 radical (unpaired) electrons. The van der Waals surface area contributed by atoms with Gasteiger partial charge in [-0.2, -0.15) is 10.4 Å². The fourth-order valence-electron chi connectivity index (χ4n) is 3.60. The molecule has 0 spiro atoms. The Bertz CT molecular complexity index is 1730. The van der Waals surface area contributed by atoms with Crippen LogP contribution in [-0.2, 0) is 19.9 Å². The molecule has 0 unspecified atom stereocenters. The third-order valence-electron chi connectivity index (χ3n) is 5.67. The molecule has 10 heteroatoms. The molecule has 4 rings (SSSR count). The predicted molar refractivity (Wildman–Crippen MR) is 142 cm³/mol. The van der Waals surface area contributed by atoms with Crippen molar-refractivity contribution in [3.05, 3.63) is 101 Å². The van der Waals surface area contributed by atoms with Gasteiger partial charge < -0.3 is 0 Å². The summed E-state index contributed by atoms with van der Waals surface area (Å²) in [6.07, 6.45) is 2.88. The van der Waals surface area contributed by atoms with E-state index >= 15 is 0 Å². The number of para-hydroxylation sites is 1. The standard InChI is InChI=1S/C27H24N4O4S2/c1-20-12-14-24(15-13-20)36(32,33)26(18-28)17-22-19-31(23-9-5-4-6-10-23)29-27(22)21-8-7-11-25(16-21)37(34,35)30(2)3/h4-17,19H,1-3H3. The van der Waals surface area contributed by atoms with Gasteiger partial charge in [-0.15, -0.1) is 0 Å². The van der Waals surface area contributed by atoms with Gasteiger partial charge in [0.05, 0.1) is 15.5 Å². The van der Waals surface area contributed by atoms with Gasteiger partial charge >= 0.3 is 0 Å². The molecule has 0 bridgehead atoms. The molecule has 0 aliphatic rings. The van der Waals surface area contributed by atoms with Crippen LogP contribution >= 0.6 is 0 Å². The molecular weight excluding hydrogens is 508 g/mol. The molecule has 3 aromatic carbocycles. The molecule has 1 heterocycles. The molecule has 0 atom stereocenters. The van der Waals surface area contributed by atoms with Crippen LogP contribution in [0.25, 0.3) is 23.0 Å². The Morgan fingerprint density at radius 2 is 1.59 bits per heavy atom. The van der Waals surface area contributed by atoms with Crippen molar-refractivity contribution in [1.29, 1.82) is 5.26 Å². The van der Waals surface area contributed by atoms with Gasteiger partial charge in [-0.05, 0) is 49.4 Å². The second-order valence-corrected chi connectivity index (χ2v) is 12.5. The zero-order valence-electron chi connectivity index (χ0n) is 20.4. The number of hydrogen-bond acceptors (Lipinski definition) is 6. The number of sulfonamides is 1. The molecule has 188 valence electrons. The first-order valence-corrected chi connectivity index (χ1v) is 14.1. The molecule has 37 heavy (non-hydrogen) atoms. The molecule has 8 nitrogen and oxygen atoms in total. The third kappa shape index (κ3) is 5.24. The first-order chi connectivity index (χ1) is 17.5. The number of nitriles is 1. The average molecular weight is 533 g/mol. The predicted octanol–water partition coefficient (Wildman–Crippen LogP) is 4.44. The monoisotopic (exact) mass is 532 g/mol. The Kier molecular flexibility index (Phi) is 7.14. The number of nitrogens with zero attached hydrogens (tertiary/aromatic N) is 4. The Labute approximate surface area is 216 Å². The van der Waals surface area contributed by atoms with Crippen molar-refractivity contribution >= 4 is 25.9 Å². The van der Waals surface area contributed by atoms with E-state index in [9.17, 15) is 22.1 Å². The lowest BCUT2D eigenvalue weighted by Crippen LogP contribution is -2.22. The second kappa shape index (κ2) is 10.1. The van der Waals surface area contributed by atoms with E-state index in [1.54, 1.807) is 35.1 Å². The molecule has 0 amide bonds. The normalized spacial score (nSPS) is 12.5. The van der Waals surface area contributed by atoms with Crippen LogP contribution in [0, 0.1) is 18.3 Å². The van der Waals surface area contributed by atoms with Crippen LogP contribution in [0.2, 0.25) is 0 Å². The third-order valence-corrected chi connectivity index (χ3v) is 9.16. The van der Waals surface area contributed by atoms with Crippen molar-refractivity contribution in [2.24, 2.45) is 0 Å². The van der Waals surface area contributed by atoms with Crippen molar-refractivity contribution in [3.8, 4) is 23.0 Å². The zero-order chi connectivity index (χ0) is 26.8. The summed E-state index contributed by atoms with van der Waals surface area (Å²) in [4.78, 5) is -0.392. The van der Waals surface area contributed by atoms with Crippen molar-refractivity contribution in [2.45, 2.75) is 16.7 Å². The Morgan fingerprint density at radius 3 is 2.22 bits per heavy atom. The van der Waals surface area contributed by atoms with Gasteiger partial charge in [0.1, 0.15) is 16.7 Å². The Balaban J connectivity index is 1.92. The summed E-state index contributed by atoms with van der Waals surface area (Å²) in [5, 5.41) is 14.5. The lowest BCUT2D eigenvalue weighted by atomic mass is 10.1. The minimum Gasteiger partial charge on any atom is -0.240 e. The molecule has 0 saturated heterocycles. The summed E-state index contributed by atoms with van der Waals surface area (Å²) in [5.41, 5.74) is 2.72. The lowest BCUT2D eigenvalue weighted by Gasteiger charge is -2.12. The van der Waals surface area contributed by atoms with E-state index in [0.717, 1.165) is 9.87 Å². The second-order valence-electron chi connectivity index (χ2n) is 8.47. The van der Waals surface area contributed by atoms with Gasteiger partial charge in [0, 0.05) is 31.4 Å². The van der Waals surface area contributed by atoms with Gasteiger partial charge in [0.2, 0.25) is 19.9 Å². The van der Waals surface area contributed by atoms with Gasteiger partial charge in [-0.1, -0.05) is 48.0 Å². The number of allylic oxidation sites excluding steroid dienone is 1. The van der Waals surface area contributed by atoms with Crippen LogP contribution in [-0.4, -0.2) is 45.0 Å². The maximum atomic E-state index is 13.3. The number of sulfone groups is 1. The number of rotatable bonds is 7. The molecule has 0 aliphatic heterocycles. The van der Waals surface area contributed by atoms with Gasteiger partial charge in [0.25, 0.3) is 0 Å². The number of aryl methyl sites for hydroxylation is 1. The SMILES string of the molecule is Cc1ccc(S(=O)(=O)C(C#N)=Cc2cn(-c3ccccc3)nc2-c2cccc(S(=O)(=O)N(C)C)c2)cc1. The van der Waals surface area contributed by atoms with E-state index in [4.69, 9.17) is 0 Å². The first-order valence-electron chi connectivity index (χ1n) is 11.2. The van der Waals surface area contributed by atoms with E-state index in [1.807, 2.05) is 43.3 Å². The van der Waals surface area contributed by atoms with Crippen LogP contribution in [0.4, 0.5) is 0 Å². The first kappa shape index (κ1) is 26.0. The summed E-state index contributed by atoms with van der Waals surface area (Å²) in [6.45, 7) is 1.84. The summed E-state index contributed by atoms with van der Waals surface area (Å²) in [7, 11) is -4.94. The lowest BCUT2D eigenvalue weighted by molar-refractivity contribution is 0.521. The molecule has 4 aromatic rings. The quantitative estimate of drug-likeness (QED) is 0.325. The van der Waals surface area contributed by atoms with E-state index in [0.29, 0.717) is 22.5 Å². The Hall–Kier alpha value is -4.04. The highest BCUT2D eigenvalue weighted by Crippen LogP contribution is 2.30. The molecule has 1 aromatic heterocycles. The largest absolute Gasteiger partial charge is 0.242 e. The molecule has 0 N–H and O–H groups in total. The van der Waals surface area contributed by atoms with Crippen molar-refractivity contribution in [3.63, 3.8) is 0 Å². The summed E-state index contributed by atoms with van der Waals surface area (Å²) < 4.78 is 54.6. The average Bonchev–Trinajstić information content (AvgIpc) is 3.32. The summed E-state index contributed by atoms with van der Waals surface area (Å²) >= 11 is 0. The molecule has 0 aliphatic carbocycles. The highest BCUT2D eigenvalue weighted by molar-refractivity contribution is 7.95. The van der Waals surface area contributed by atoms with Crippen LogP contribution in [0.5, 0.6) is 0 Å². The van der Waals surface area contributed by atoms with Gasteiger partial charge in [-0.25, -0.2) is 25.8 Å². The minimum atomic E-state index is -4.10. The number of hydrogen-bond donors (Lipinski definition) is 0. The van der Waals surface area contributed by atoms with E-state index in [1.165, 1.54) is 44.4 Å². The van der Waals surface area contributed by atoms with E-state index in [2.05, 4.69) is 5.10 Å². The fourth-order valence-corrected chi connectivity index (χ4v) is 5.70. The molecule has 0 fully saturated rings. The highest BCUT2D eigenvalue weighted by atomic mass is 32.2. The zero-order valence-corrected chi connectivity index (χ0v) is 22.0. The van der Waals surface area contributed by atoms with Gasteiger partial charge in [0.15, 0.2) is 0 Å². The maximum absolute atomic E-state index is 13.3. The van der Waals surface area contributed by atoms with Gasteiger partial charge in [-0.3, -0.25) is 0 Å². The van der Waals surface area contributed by atoms with Crippen molar-refractivity contribution in [1.82, 2.24) is 14.1 Å². The molecule has 0 saturated carbocycles. The van der Waals surface area contributed by atoms with Crippen molar-refractivity contribution in [2.75, 3.05) is 14.1 Å². The van der Waals surface area contributed by atoms with E-state index in [-0.39, 0.29) is 9.79 Å². The summed E-state index contributed by atoms with van der Waals surface area (Å²) in [5.74, 6) is 0. The van der Waals surface area contributed by atoms with E-state index < -0.39 is 24.8 Å². The molecular formula is C27H24N4O4S2. The Morgan fingerprint density at radius 1 is 0.919 bits per heavy atom. The fraction of sp³-hybridized carbons (Fsp3) is 0.111. The number of aromatic nitrogens is 2. The smallest absolute Gasteiger partial charge is 0.240 e. The van der Waals surface area contributed by atoms with Crippen LogP contribution in [0.3, 0.4) is 0 Å². The minimum absolute atomic E-state index is 0.00183. The topological polar surface area (TPSA) is 113 Å².